The number of rotatable bonds is 11. The Morgan fingerprint density at radius 3 is 2.50 bits per heavy atom. The molecule has 1 aromatic rings. The maximum Gasteiger partial charge on any atom is 0.216 e. The van der Waals surface area contributed by atoms with Crippen LogP contribution in [0, 0.1) is 0 Å². The average Bonchev–Trinajstić information content (AvgIpc) is 2.50. The molecule has 0 aromatic carbocycles. The number of aromatic nitrogens is 2. The van der Waals surface area contributed by atoms with Crippen molar-refractivity contribution in [1.29, 1.82) is 0 Å². The minimum absolute atomic E-state index is 0.0718. The van der Waals surface area contributed by atoms with Crippen molar-refractivity contribution < 1.29 is 4.74 Å². The number of hydrazine groups is 1. The monoisotopic (exact) mass is 280 g/mol. The maximum atomic E-state index is 5.63. The molecule has 1 unspecified atom stereocenters. The van der Waals surface area contributed by atoms with E-state index < -0.39 is 0 Å². The van der Waals surface area contributed by atoms with Gasteiger partial charge in [0.25, 0.3) is 0 Å². The van der Waals surface area contributed by atoms with Crippen molar-refractivity contribution in [3.05, 3.63) is 18.1 Å². The van der Waals surface area contributed by atoms with Crippen LogP contribution < -0.4 is 16.0 Å². The molecule has 0 saturated carbocycles. The fourth-order valence-electron chi connectivity index (χ4n) is 2.28. The van der Waals surface area contributed by atoms with Crippen molar-refractivity contribution in [1.82, 2.24) is 15.4 Å². The molecule has 20 heavy (non-hydrogen) atoms. The molecule has 1 heterocycles. The number of hydrogen-bond donors (Lipinski definition) is 2. The van der Waals surface area contributed by atoms with Gasteiger partial charge in [-0.1, -0.05) is 51.9 Å². The largest absolute Gasteiger partial charge is 0.481 e. The third-order valence-corrected chi connectivity index (χ3v) is 3.53. The van der Waals surface area contributed by atoms with E-state index in [0.717, 1.165) is 18.5 Å². The average molecular weight is 280 g/mol. The van der Waals surface area contributed by atoms with Crippen LogP contribution in [0.1, 0.15) is 70.0 Å². The van der Waals surface area contributed by atoms with Gasteiger partial charge in [0, 0.05) is 6.07 Å². The number of unbranched alkanes of at least 4 members (excludes halogenated alkanes) is 6. The molecule has 3 N–H and O–H groups in total. The standard InChI is InChI=1S/C15H28N4O/c1-3-4-5-6-7-8-9-10-13(19-16)14-11-15(20-2)18-12-17-14/h11-13,19H,3-10,16H2,1-2H3. The molecule has 0 saturated heterocycles. The second-order valence-electron chi connectivity index (χ2n) is 5.11. The SMILES string of the molecule is CCCCCCCCCC(NN)c1cc(OC)ncn1. The van der Waals surface area contributed by atoms with Gasteiger partial charge < -0.3 is 4.74 Å². The molecule has 0 bridgehead atoms. The Morgan fingerprint density at radius 2 is 1.85 bits per heavy atom. The molecular formula is C15H28N4O. The first-order chi connectivity index (χ1) is 9.81. The van der Waals surface area contributed by atoms with Gasteiger partial charge in [0.05, 0.1) is 18.8 Å². The molecule has 0 amide bonds. The van der Waals surface area contributed by atoms with Crippen LogP contribution in [-0.4, -0.2) is 17.1 Å². The zero-order valence-electron chi connectivity index (χ0n) is 12.8. The highest BCUT2D eigenvalue weighted by Gasteiger charge is 2.12. The summed E-state index contributed by atoms with van der Waals surface area (Å²) in [7, 11) is 1.60. The molecule has 0 radical (unpaired) electrons. The van der Waals surface area contributed by atoms with Crippen LogP contribution in [0.4, 0.5) is 0 Å². The third kappa shape index (κ3) is 6.30. The van der Waals surface area contributed by atoms with Gasteiger partial charge in [-0.2, -0.15) is 0 Å². The molecule has 5 heteroatoms. The fourth-order valence-corrected chi connectivity index (χ4v) is 2.28. The molecule has 0 spiro atoms. The van der Waals surface area contributed by atoms with Crippen LogP contribution in [0.5, 0.6) is 5.88 Å². The first kappa shape index (κ1) is 16.9. The number of ether oxygens (including phenoxy) is 1. The summed E-state index contributed by atoms with van der Waals surface area (Å²) in [5.41, 5.74) is 3.73. The summed E-state index contributed by atoms with van der Waals surface area (Å²) in [4.78, 5) is 8.28. The molecule has 5 nitrogen and oxygen atoms in total. The Labute approximate surface area is 122 Å². The van der Waals surface area contributed by atoms with Gasteiger partial charge in [-0.05, 0) is 6.42 Å². The minimum atomic E-state index is 0.0718. The van der Waals surface area contributed by atoms with Crippen molar-refractivity contribution in [2.75, 3.05) is 7.11 Å². The summed E-state index contributed by atoms with van der Waals surface area (Å²) >= 11 is 0. The van der Waals surface area contributed by atoms with Gasteiger partial charge in [0.2, 0.25) is 5.88 Å². The normalized spacial score (nSPS) is 12.3. The Bertz CT molecular complexity index is 359. The molecule has 0 fully saturated rings. The summed E-state index contributed by atoms with van der Waals surface area (Å²) in [6.45, 7) is 2.24. The van der Waals surface area contributed by atoms with Crippen LogP contribution in [0.2, 0.25) is 0 Å². The minimum Gasteiger partial charge on any atom is -0.481 e. The lowest BCUT2D eigenvalue weighted by molar-refractivity contribution is 0.392. The Balaban J connectivity index is 2.28. The van der Waals surface area contributed by atoms with Crippen LogP contribution in [-0.2, 0) is 0 Å². The van der Waals surface area contributed by atoms with Crippen molar-refractivity contribution in [2.45, 2.75) is 64.3 Å². The number of hydrogen-bond acceptors (Lipinski definition) is 5. The Hall–Kier alpha value is -1.20. The second kappa shape index (κ2) is 10.6. The first-order valence-electron chi connectivity index (χ1n) is 7.63. The molecule has 1 rings (SSSR count). The van der Waals surface area contributed by atoms with Gasteiger partial charge in [0.1, 0.15) is 6.33 Å². The summed E-state index contributed by atoms with van der Waals surface area (Å²) in [6.07, 6.45) is 11.6. The van der Waals surface area contributed by atoms with E-state index in [1.165, 1.54) is 44.9 Å². The summed E-state index contributed by atoms with van der Waals surface area (Å²) in [5.74, 6) is 6.20. The maximum absolute atomic E-state index is 5.63. The second-order valence-corrected chi connectivity index (χ2v) is 5.11. The zero-order chi connectivity index (χ0) is 14.6. The fraction of sp³-hybridized carbons (Fsp3) is 0.733. The van der Waals surface area contributed by atoms with Crippen molar-refractivity contribution in [3.63, 3.8) is 0 Å². The van der Waals surface area contributed by atoms with E-state index in [0.29, 0.717) is 5.88 Å². The van der Waals surface area contributed by atoms with E-state index in [-0.39, 0.29) is 6.04 Å². The van der Waals surface area contributed by atoms with Crippen molar-refractivity contribution in [2.24, 2.45) is 5.84 Å². The lowest BCUT2D eigenvalue weighted by Gasteiger charge is -2.15. The summed E-state index contributed by atoms with van der Waals surface area (Å²) in [5, 5.41) is 0. The number of nitrogens with zero attached hydrogens (tertiary/aromatic N) is 2. The van der Waals surface area contributed by atoms with Crippen LogP contribution >= 0.6 is 0 Å². The summed E-state index contributed by atoms with van der Waals surface area (Å²) in [6, 6.07) is 1.91. The van der Waals surface area contributed by atoms with E-state index in [9.17, 15) is 0 Å². The molecule has 0 aliphatic carbocycles. The highest BCUT2D eigenvalue weighted by Crippen LogP contribution is 2.20. The molecule has 0 aliphatic rings. The molecule has 1 atom stereocenters. The number of methoxy groups -OCH3 is 1. The lowest BCUT2D eigenvalue weighted by Crippen LogP contribution is -2.28. The van der Waals surface area contributed by atoms with Gasteiger partial charge in [-0.15, -0.1) is 0 Å². The number of nitrogens with one attached hydrogen (secondary N) is 1. The Kier molecular flexibility index (Phi) is 8.91. The molecule has 0 aliphatic heterocycles. The van der Waals surface area contributed by atoms with Gasteiger partial charge in [-0.3, -0.25) is 11.3 Å². The van der Waals surface area contributed by atoms with Crippen LogP contribution in [0.3, 0.4) is 0 Å². The highest BCUT2D eigenvalue weighted by atomic mass is 16.5. The lowest BCUT2D eigenvalue weighted by atomic mass is 10.0. The van der Waals surface area contributed by atoms with Crippen LogP contribution in [0.25, 0.3) is 0 Å². The van der Waals surface area contributed by atoms with E-state index in [4.69, 9.17) is 10.6 Å². The molecule has 114 valence electrons. The quantitative estimate of drug-likeness (QED) is 0.370. The predicted molar refractivity (Wildman–Crippen MR) is 81.3 cm³/mol. The smallest absolute Gasteiger partial charge is 0.216 e. The Morgan fingerprint density at radius 1 is 1.15 bits per heavy atom. The predicted octanol–water partition coefficient (Wildman–Crippen LogP) is 3.13. The van der Waals surface area contributed by atoms with Gasteiger partial charge >= 0.3 is 0 Å². The van der Waals surface area contributed by atoms with Crippen molar-refractivity contribution >= 4 is 0 Å². The molecular weight excluding hydrogens is 252 g/mol. The van der Waals surface area contributed by atoms with Gasteiger partial charge in [-0.25, -0.2) is 9.97 Å². The first-order valence-corrected chi connectivity index (χ1v) is 7.63. The van der Waals surface area contributed by atoms with E-state index in [1.807, 2.05) is 6.07 Å². The van der Waals surface area contributed by atoms with E-state index >= 15 is 0 Å². The zero-order valence-corrected chi connectivity index (χ0v) is 12.8. The third-order valence-electron chi connectivity index (χ3n) is 3.53. The van der Waals surface area contributed by atoms with E-state index in [1.54, 1.807) is 7.11 Å². The highest BCUT2D eigenvalue weighted by molar-refractivity contribution is 5.16. The number of nitrogens with two attached hydrogens (primary N) is 1. The van der Waals surface area contributed by atoms with Gasteiger partial charge in [0.15, 0.2) is 0 Å². The molecule has 1 aromatic heterocycles. The summed E-state index contributed by atoms with van der Waals surface area (Å²) < 4.78 is 5.11. The van der Waals surface area contributed by atoms with E-state index in [2.05, 4.69) is 22.3 Å². The van der Waals surface area contributed by atoms with Crippen molar-refractivity contribution in [3.8, 4) is 5.88 Å². The topological polar surface area (TPSA) is 73.1 Å². The van der Waals surface area contributed by atoms with Crippen LogP contribution in [0.15, 0.2) is 12.4 Å².